The molecule has 1 aliphatic carbocycles. The van der Waals surface area contributed by atoms with Gasteiger partial charge in [-0.3, -0.25) is 0 Å². The van der Waals surface area contributed by atoms with Gasteiger partial charge in [-0.2, -0.15) is 0 Å². The van der Waals surface area contributed by atoms with Gasteiger partial charge in [0.1, 0.15) is 0 Å². The van der Waals surface area contributed by atoms with Crippen molar-refractivity contribution < 1.29 is 0 Å². The van der Waals surface area contributed by atoms with Crippen molar-refractivity contribution in [2.75, 3.05) is 6.54 Å². The van der Waals surface area contributed by atoms with E-state index in [4.69, 9.17) is 17.3 Å². The summed E-state index contributed by atoms with van der Waals surface area (Å²) in [7, 11) is 0. The molecule has 0 aromatic heterocycles. The third kappa shape index (κ3) is 3.27. The lowest BCUT2D eigenvalue weighted by Gasteiger charge is -2.39. The highest BCUT2D eigenvalue weighted by molar-refractivity contribution is 6.30. The van der Waals surface area contributed by atoms with E-state index in [1.807, 2.05) is 12.1 Å². The second-order valence-electron chi connectivity index (χ2n) is 5.86. The van der Waals surface area contributed by atoms with Gasteiger partial charge in [0.05, 0.1) is 0 Å². The third-order valence-corrected chi connectivity index (χ3v) is 4.88. The van der Waals surface area contributed by atoms with Crippen molar-refractivity contribution >= 4 is 11.6 Å². The zero-order valence-electron chi connectivity index (χ0n) is 11.3. The first-order valence-electron chi connectivity index (χ1n) is 7.12. The van der Waals surface area contributed by atoms with Crippen LogP contribution in [0, 0.1) is 11.3 Å². The predicted octanol–water partition coefficient (Wildman–Crippen LogP) is 4.43. The van der Waals surface area contributed by atoms with E-state index in [1.54, 1.807) is 0 Å². The fraction of sp³-hybridized carbons (Fsp3) is 0.625. The summed E-state index contributed by atoms with van der Waals surface area (Å²) in [5.41, 5.74) is 7.73. The first-order chi connectivity index (χ1) is 8.67. The zero-order valence-corrected chi connectivity index (χ0v) is 12.0. The smallest absolute Gasteiger partial charge is 0.0408 e. The molecule has 1 aromatic carbocycles. The molecule has 18 heavy (non-hydrogen) atoms. The maximum Gasteiger partial charge on any atom is 0.0408 e. The third-order valence-electron chi connectivity index (χ3n) is 4.64. The van der Waals surface area contributed by atoms with Crippen LogP contribution in [0.1, 0.15) is 44.6 Å². The van der Waals surface area contributed by atoms with Gasteiger partial charge in [0, 0.05) is 5.02 Å². The number of rotatable bonds is 4. The van der Waals surface area contributed by atoms with Crippen molar-refractivity contribution in [2.45, 2.75) is 45.4 Å². The molecule has 1 aliphatic rings. The fourth-order valence-electron chi connectivity index (χ4n) is 3.23. The van der Waals surface area contributed by atoms with Crippen LogP contribution in [0.5, 0.6) is 0 Å². The summed E-state index contributed by atoms with van der Waals surface area (Å²) in [5, 5.41) is 0.835. The molecule has 1 saturated carbocycles. The molecule has 0 aliphatic heterocycles. The maximum atomic E-state index is 6.08. The van der Waals surface area contributed by atoms with Crippen molar-refractivity contribution in [2.24, 2.45) is 17.1 Å². The quantitative estimate of drug-likeness (QED) is 0.856. The van der Waals surface area contributed by atoms with Gasteiger partial charge in [-0.15, -0.1) is 0 Å². The Kier molecular flexibility index (Phi) is 4.69. The molecule has 0 spiro atoms. The minimum atomic E-state index is 0.316. The van der Waals surface area contributed by atoms with Crippen molar-refractivity contribution in [3.05, 3.63) is 34.9 Å². The molecule has 2 N–H and O–H groups in total. The average Bonchev–Trinajstić information content (AvgIpc) is 2.39. The lowest BCUT2D eigenvalue weighted by atomic mass is 9.67. The Hall–Kier alpha value is -0.530. The molecule has 1 fully saturated rings. The molecule has 0 unspecified atom stereocenters. The molecule has 0 heterocycles. The minimum absolute atomic E-state index is 0.316. The average molecular weight is 266 g/mol. The molecule has 0 bridgehead atoms. The lowest BCUT2D eigenvalue weighted by Crippen LogP contribution is -2.36. The van der Waals surface area contributed by atoms with Crippen LogP contribution in [0.2, 0.25) is 5.02 Å². The molecule has 0 saturated heterocycles. The number of hydrogen-bond acceptors (Lipinski definition) is 1. The lowest BCUT2D eigenvalue weighted by molar-refractivity contribution is 0.153. The van der Waals surface area contributed by atoms with E-state index >= 15 is 0 Å². The second-order valence-corrected chi connectivity index (χ2v) is 6.30. The van der Waals surface area contributed by atoms with Gasteiger partial charge in [0.15, 0.2) is 0 Å². The minimum Gasteiger partial charge on any atom is -0.330 e. The van der Waals surface area contributed by atoms with E-state index in [9.17, 15) is 0 Å². The van der Waals surface area contributed by atoms with E-state index < -0.39 is 0 Å². The standard InChI is InChI=1S/C16H24ClN/c1-2-13-6-8-16(12-18,9-7-13)11-14-4-3-5-15(17)10-14/h3-5,10,13H,2,6-9,11-12,18H2,1H3. The highest BCUT2D eigenvalue weighted by Gasteiger charge is 2.33. The van der Waals surface area contributed by atoms with E-state index in [-0.39, 0.29) is 0 Å². The Labute approximate surface area is 116 Å². The van der Waals surface area contributed by atoms with Crippen LogP contribution < -0.4 is 5.73 Å². The number of benzene rings is 1. The van der Waals surface area contributed by atoms with E-state index in [0.29, 0.717) is 5.41 Å². The van der Waals surface area contributed by atoms with E-state index in [1.165, 1.54) is 37.7 Å². The molecule has 0 atom stereocenters. The maximum absolute atomic E-state index is 6.08. The Bertz CT molecular complexity index is 380. The summed E-state index contributed by atoms with van der Waals surface area (Å²) >= 11 is 6.07. The molecule has 1 aromatic rings. The Morgan fingerprint density at radius 1 is 1.33 bits per heavy atom. The van der Waals surface area contributed by atoms with Gasteiger partial charge >= 0.3 is 0 Å². The predicted molar refractivity (Wildman–Crippen MR) is 78.9 cm³/mol. The van der Waals surface area contributed by atoms with Crippen molar-refractivity contribution in [3.63, 3.8) is 0 Å². The highest BCUT2D eigenvalue weighted by atomic mass is 35.5. The molecule has 0 radical (unpaired) electrons. The summed E-state index contributed by atoms with van der Waals surface area (Å²) in [5.74, 6) is 0.920. The van der Waals surface area contributed by atoms with Gasteiger partial charge in [-0.25, -0.2) is 0 Å². The van der Waals surface area contributed by atoms with Crippen LogP contribution in [0.3, 0.4) is 0 Å². The summed E-state index contributed by atoms with van der Waals surface area (Å²) in [6.07, 6.45) is 7.63. The van der Waals surface area contributed by atoms with Crippen LogP contribution in [0.15, 0.2) is 24.3 Å². The van der Waals surface area contributed by atoms with E-state index in [0.717, 1.165) is 23.9 Å². The van der Waals surface area contributed by atoms with Crippen LogP contribution in [-0.2, 0) is 6.42 Å². The summed E-state index contributed by atoms with van der Waals surface area (Å²) < 4.78 is 0. The van der Waals surface area contributed by atoms with Gasteiger partial charge in [-0.1, -0.05) is 37.1 Å². The van der Waals surface area contributed by atoms with Crippen LogP contribution in [0.25, 0.3) is 0 Å². The Balaban J connectivity index is 2.05. The number of halogens is 1. The summed E-state index contributed by atoms with van der Waals surface area (Å²) in [6, 6.07) is 8.24. The number of nitrogens with two attached hydrogens (primary N) is 1. The monoisotopic (exact) mass is 265 g/mol. The molecule has 100 valence electrons. The van der Waals surface area contributed by atoms with Crippen LogP contribution in [0.4, 0.5) is 0 Å². The molecular formula is C16H24ClN. The molecular weight excluding hydrogens is 242 g/mol. The van der Waals surface area contributed by atoms with Crippen molar-refractivity contribution in [1.82, 2.24) is 0 Å². The molecule has 2 rings (SSSR count). The highest BCUT2D eigenvalue weighted by Crippen LogP contribution is 2.41. The Morgan fingerprint density at radius 3 is 2.61 bits per heavy atom. The second kappa shape index (κ2) is 6.08. The normalized spacial score (nSPS) is 28.3. The molecule has 0 amide bonds. The first kappa shape index (κ1) is 13.9. The summed E-state index contributed by atoms with van der Waals surface area (Å²) in [6.45, 7) is 3.10. The SMILES string of the molecule is CCC1CCC(CN)(Cc2cccc(Cl)c2)CC1. The first-order valence-corrected chi connectivity index (χ1v) is 7.50. The van der Waals surface area contributed by atoms with Gasteiger partial charge in [0.25, 0.3) is 0 Å². The Morgan fingerprint density at radius 2 is 2.06 bits per heavy atom. The van der Waals surface area contributed by atoms with Gasteiger partial charge in [0.2, 0.25) is 0 Å². The topological polar surface area (TPSA) is 26.0 Å². The van der Waals surface area contributed by atoms with Crippen LogP contribution >= 0.6 is 11.6 Å². The van der Waals surface area contributed by atoms with Gasteiger partial charge in [-0.05, 0) is 67.7 Å². The largest absolute Gasteiger partial charge is 0.330 e. The van der Waals surface area contributed by atoms with Crippen LogP contribution in [-0.4, -0.2) is 6.54 Å². The molecule has 2 heteroatoms. The fourth-order valence-corrected chi connectivity index (χ4v) is 3.44. The van der Waals surface area contributed by atoms with Crippen molar-refractivity contribution in [3.8, 4) is 0 Å². The number of hydrogen-bond donors (Lipinski definition) is 1. The van der Waals surface area contributed by atoms with E-state index in [2.05, 4.69) is 19.1 Å². The summed E-state index contributed by atoms with van der Waals surface area (Å²) in [4.78, 5) is 0. The molecule has 1 nitrogen and oxygen atoms in total. The van der Waals surface area contributed by atoms with Crippen molar-refractivity contribution in [1.29, 1.82) is 0 Å². The zero-order chi connectivity index (χ0) is 13.0. The van der Waals surface area contributed by atoms with Gasteiger partial charge < -0.3 is 5.73 Å².